The molecule has 1 amide bonds. The Kier molecular flexibility index (Phi) is 5.62. The minimum absolute atomic E-state index is 0.0250. The van der Waals surface area contributed by atoms with Crippen LogP contribution in [0.15, 0.2) is 30.3 Å². The molecule has 1 N–H and O–H groups in total. The third-order valence-corrected chi connectivity index (χ3v) is 4.53. The van der Waals surface area contributed by atoms with Crippen LogP contribution >= 0.6 is 11.6 Å². The Bertz CT molecular complexity index is 868. The molecular formula is C19H18ClF3N2O2. The Morgan fingerprint density at radius 3 is 2.33 bits per heavy atom. The van der Waals surface area contributed by atoms with Gasteiger partial charge in [0.2, 0.25) is 0 Å². The average Bonchev–Trinajstić information content (AvgIpc) is 2.57. The molecule has 0 saturated carbocycles. The smallest absolute Gasteiger partial charge is 0.257 e. The van der Waals surface area contributed by atoms with Crippen LogP contribution in [0.25, 0.3) is 0 Å². The molecule has 2 atom stereocenters. The van der Waals surface area contributed by atoms with Gasteiger partial charge in [0, 0.05) is 18.8 Å². The Morgan fingerprint density at radius 2 is 1.70 bits per heavy atom. The first kappa shape index (κ1) is 19.5. The maximum atomic E-state index is 14.6. The molecule has 2 unspecified atom stereocenters. The van der Waals surface area contributed by atoms with E-state index < -0.39 is 23.4 Å². The zero-order chi connectivity index (χ0) is 19.7. The fraction of sp³-hybridized carbons (Fsp3) is 0.316. The van der Waals surface area contributed by atoms with Crippen molar-refractivity contribution >= 4 is 28.9 Å². The van der Waals surface area contributed by atoms with Gasteiger partial charge in [0.1, 0.15) is 5.82 Å². The summed E-state index contributed by atoms with van der Waals surface area (Å²) >= 11 is 5.79. The number of halogens is 4. The van der Waals surface area contributed by atoms with Crippen molar-refractivity contribution in [2.24, 2.45) is 0 Å². The summed E-state index contributed by atoms with van der Waals surface area (Å²) in [7, 11) is 0. The molecule has 1 saturated heterocycles. The summed E-state index contributed by atoms with van der Waals surface area (Å²) in [5, 5.41) is 2.20. The fourth-order valence-corrected chi connectivity index (χ4v) is 3.35. The quantitative estimate of drug-likeness (QED) is 0.767. The van der Waals surface area contributed by atoms with Crippen LogP contribution in [0.5, 0.6) is 0 Å². The molecule has 4 nitrogen and oxygen atoms in total. The monoisotopic (exact) mass is 398 g/mol. The Hall–Kier alpha value is -2.25. The first-order chi connectivity index (χ1) is 12.7. The van der Waals surface area contributed by atoms with Crippen molar-refractivity contribution in [3.8, 4) is 0 Å². The van der Waals surface area contributed by atoms with E-state index in [1.54, 1.807) is 6.07 Å². The maximum absolute atomic E-state index is 14.6. The third-order valence-electron chi connectivity index (χ3n) is 4.22. The van der Waals surface area contributed by atoms with Crippen LogP contribution in [-0.4, -0.2) is 31.2 Å². The summed E-state index contributed by atoms with van der Waals surface area (Å²) in [4.78, 5) is 14.1. The number of hydrogen-bond donors (Lipinski definition) is 1. The lowest BCUT2D eigenvalue weighted by Gasteiger charge is -2.37. The molecule has 0 spiro atoms. The van der Waals surface area contributed by atoms with Crippen LogP contribution in [0.4, 0.5) is 24.5 Å². The van der Waals surface area contributed by atoms with Crippen molar-refractivity contribution in [2.75, 3.05) is 23.3 Å². The predicted molar refractivity (Wildman–Crippen MR) is 97.9 cm³/mol. The van der Waals surface area contributed by atoms with E-state index in [2.05, 4.69) is 5.32 Å². The van der Waals surface area contributed by atoms with Crippen LogP contribution < -0.4 is 10.2 Å². The minimum Gasteiger partial charge on any atom is -0.372 e. The SMILES string of the molecule is CC1CN(c2ccc(NC(=O)c3cc(F)c(F)cc3Cl)cc2F)CC(C)O1. The van der Waals surface area contributed by atoms with E-state index in [4.69, 9.17) is 16.3 Å². The summed E-state index contributed by atoms with van der Waals surface area (Å²) in [6.45, 7) is 4.94. The highest BCUT2D eigenvalue weighted by Gasteiger charge is 2.24. The topological polar surface area (TPSA) is 41.6 Å². The van der Waals surface area contributed by atoms with Gasteiger partial charge in [-0.3, -0.25) is 4.79 Å². The standard InChI is InChI=1S/C19H18ClF3N2O2/c1-10-8-25(9-11(2)27-10)18-4-3-12(5-17(18)23)24-19(26)13-6-15(21)16(22)7-14(13)20/h3-7,10-11H,8-9H2,1-2H3,(H,24,26). The Balaban J connectivity index is 1.78. The largest absolute Gasteiger partial charge is 0.372 e. The lowest BCUT2D eigenvalue weighted by molar-refractivity contribution is -0.00539. The molecule has 8 heteroatoms. The summed E-state index contributed by atoms with van der Waals surface area (Å²) in [5.74, 6) is -3.62. The second kappa shape index (κ2) is 7.78. The maximum Gasteiger partial charge on any atom is 0.257 e. The first-order valence-corrected chi connectivity index (χ1v) is 8.78. The number of ether oxygens (including phenoxy) is 1. The fourth-order valence-electron chi connectivity index (χ4n) is 3.11. The molecule has 2 aromatic carbocycles. The zero-order valence-electron chi connectivity index (χ0n) is 14.7. The number of benzene rings is 2. The Labute approximate surface area is 159 Å². The zero-order valence-corrected chi connectivity index (χ0v) is 15.5. The summed E-state index contributed by atoms with van der Waals surface area (Å²) in [6, 6.07) is 5.69. The van der Waals surface area contributed by atoms with Gasteiger partial charge >= 0.3 is 0 Å². The van der Waals surface area contributed by atoms with E-state index in [0.29, 0.717) is 24.8 Å². The van der Waals surface area contributed by atoms with E-state index in [1.807, 2.05) is 18.7 Å². The number of hydrogen-bond acceptors (Lipinski definition) is 3. The molecule has 3 rings (SSSR count). The highest BCUT2D eigenvalue weighted by molar-refractivity contribution is 6.34. The molecule has 144 valence electrons. The van der Waals surface area contributed by atoms with Crippen LogP contribution in [0.3, 0.4) is 0 Å². The molecule has 0 aliphatic carbocycles. The van der Waals surface area contributed by atoms with Gasteiger partial charge in [0.05, 0.1) is 28.5 Å². The minimum atomic E-state index is -1.19. The van der Waals surface area contributed by atoms with Gasteiger partial charge in [-0.2, -0.15) is 0 Å². The number of carbonyl (C=O) groups excluding carboxylic acids is 1. The van der Waals surface area contributed by atoms with E-state index >= 15 is 0 Å². The number of nitrogens with one attached hydrogen (secondary N) is 1. The van der Waals surface area contributed by atoms with Crippen molar-refractivity contribution in [1.82, 2.24) is 0 Å². The molecule has 27 heavy (non-hydrogen) atoms. The van der Waals surface area contributed by atoms with Crippen LogP contribution in [0, 0.1) is 17.5 Å². The predicted octanol–water partition coefficient (Wildman–Crippen LogP) is 4.62. The van der Waals surface area contributed by atoms with Gasteiger partial charge in [-0.25, -0.2) is 13.2 Å². The second-order valence-electron chi connectivity index (χ2n) is 6.53. The number of nitrogens with zero attached hydrogens (tertiary/aromatic N) is 1. The Morgan fingerprint density at radius 1 is 1.07 bits per heavy atom. The van der Waals surface area contributed by atoms with Gasteiger partial charge in [-0.15, -0.1) is 0 Å². The van der Waals surface area contributed by atoms with Gasteiger partial charge in [-0.1, -0.05) is 11.6 Å². The highest BCUT2D eigenvalue weighted by Crippen LogP contribution is 2.27. The third kappa shape index (κ3) is 4.36. The van der Waals surface area contributed by atoms with Crippen LogP contribution in [-0.2, 0) is 4.74 Å². The summed E-state index contributed by atoms with van der Waals surface area (Å²) in [5.41, 5.74) is 0.341. The van der Waals surface area contributed by atoms with Crippen molar-refractivity contribution in [2.45, 2.75) is 26.1 Å². The number of amides is 1. The van der Waals surface area contributed by atoms with Crippen molar-refractivity contribution < 1.29 is 22.7 Å². The highest BCUT2D eigenvalue weighted by atomic mass is 35.5. The molecule has 1 aliphatic heterocycles. The van der Waals surface area contributed by atoms with Crippen molar-refractivity contribution in [3.63, 3.8) is 0 Å². The number of morpholine rings is 1. The van der Waals surface area contributed by atoms with E-state index in [9.17, 15) is 18.0 Å². The van der Waals surface area contributed by atoms with E-state index in [1.165, 1.54) is 12.1 Å². The molecule has 1 heterocycles. The molecule has 1 aliphatic rings. The van der Waals surface area contributed by atoms with E-state index in [-0.39, 0.29) is 28.5 Å². The average molecular weight is 399 g/mol. The second-order valence-corrected chi connectivity index (χ2v) is 6.94. The van der Waals surface area contributed by atoms with Crippen molar-refractivity contribution in [3.05, 3.63) is 58.4 Å². The number of anilines is 2. The van der Waals surface area contributed by atoms with E-state index in [0.717, 1.165) is 6.07 Å². The number of rotatable bonds is 3. The lowest BCUT2D eigenvalue weighted by Crippen LogP contribution is -2.45. The van der Waals surface area contributed by atoms with Crippen LogP contribution in [0.2, 0.25) is 5.02 Å². The normalized spacial score (nSPS) is 19.9. The lowest BCUT2D eigenvalue weighted by atomic mass is 10.1. The first-order valence-electron chi connectivity index (χ1n) is 8.40. The van der Waals surface area contributed by atoms with Crippen molar-refractivity contribution in [1.29, 1.82) is 0 Å². The summed E-state index contributed by atoms with van der Waals surface area (Å²) < 4.78 is 46.7. The molecule has 0 aromatic heterocycles. The summed E-state index contributed by atoms with van der Waals surface area (Å²) in [6.07, 6.45) is -0.0499. The van der Waals surface area contributed by atoms with Crippen LogP contribution in [0.1, 0.15) is 24.2 Å². The number of carbonyl (C=O) groups is 1. The van der Waals surface area contributed by atoms with Gasteiger partial charge in [0.15, 0.2) is 11.6 Å². The molecular weight excluding hydrogens is 381 g/mol. The van der Waals surface area contributed by atoms with Gasteiger partial charge < -0.3 is 15.0 Å². The molecule has 2 aromatic rings. The molecule has 0 bridgehead atoms. The molecule has 0 radical (unpaired) electrons. The molecule has 1 fully saturated rings. The van der Waals surface area contributed by atoms with Gasteiger partial charge in [0.25, 0.3) is 5.91 Å². The van der Waals surface area contributed by atoms with Gasteiger partial charge in [-0.05, 0) is 44.2 Å².